The third kappa shape index (κ3) is 6.88. The maximum absolute atomic E-state index is 12.3. The van der Waals surface area contributed by atoms with E-state index in [2.05, 4.69) is 33.4 Å². The quantitative estimate of drug-likeness (QED) is 0.158. The van der Waals surface area contributed by atoms with Gasteiger partial charge in [-0.1, -0.05) is 57.4 Å². The smallest absolute Gasteiger partial charge is 0.311 e. The molecule has 178 valence electrons. The van der Waals surface area contributed by atoms with Crippen LogP contribution in [0.4, 0.5) is 0 Å². The number of carbonyl (C=O) groups is 1. The number of hydrogen-bond donors (Lipinski definition) is 1. The van der Waals surface area contributed by atoms with Gasteiger partial charge < -0.3 is 14.6 Å². The lowest BCUT2D eigenvalue weighted by atomic mass is 9.73. The van der Waals surface area contributed by atoms with Gasteiger partial charge in [-0.3, -0.25) is 4.79 Å². The molecular weight excluding hydrogens is 400 g/mol. The zero-order valence-corrected chi connectivity index (χ0v) is 20.7. The zero-order chi connectivity index (χ0) is 23.7. The van der Waals surface area contributed by atoms with Gasteiger partial charge in [0.15, 0.2) is 0 Å². The number of rotatable bonds is 12. The molecule has 2 unspecified atom stereocenters. The minimum atomic E-state index is -0.229. The highest BCUT2D eigenvalue weighted by molar-refractivity contribution is 5.72. The van der Waals surface area contributed by atoms with Crippen LogP contribution in [-0.2, 0) is 16.0 Å². The van der Waals surface area contributed by atoms with E-state index in [4.69, 9.17) is 9.47 Å². The summed E-state index contributed by atoms with van der Waals surface area (Å²) < 4.78 is 11.5. The summed E-state index contributed by atoms with van der Waals surface area (Å²) in [6.07, 6.45) is 10.0. The van der Waals surface area contributed by atoms with Gasteiger partial charge in [0.25, 0.3) is 0 Å². The van der Waals surface area contributed by atoms with Crippen molar-refractivity contribution in [3.63, 3.8) is 0 Å². The van der Waals surface area contributed by atoms with E-state index < -0.39 is 0 Å². The van der Waals surface area contributed by atoms with Crippen LogP contribution in [0.3, 0.4) is 0 Å². The predicted octanol–water partition coefficient (Wildman–Crippen LogP) is 7.46. The fourth-order valence-electron chi connectivity index (χ4n) is 4.64. The Hall–Kier alpha value is -2.23. The van der Waals surface area contributed by atoms with Crippen LogP contribution in [0.5, 0.6) is 11.5 Å². The molecule has 32 heavy (non-hydrogen) atoms. The van der Waals surface area contributed by atoms with Crippen molar-refractivity contribution >= 4 is 5.97 Å². The average Bonchev–Trinajstić information content (AvgIpc) is 2.74. The number of hydrogen-bond acceptors (Lipinski definition) is 4. The van der Waals surface area contributed by atoms with E-state index in [1.165, 1.54) is 5.57 Å². The molecular formula is C28H42O4. The molecule has 2 rings (SSSR count). The minimum Gasteiger partial charge on any atom is -0.507 e. The molecule has 0 radical (unpaired) electrons. The summed E-state index contributed by atoms with van der Waals surface area (Å²) in [5.74, 6) is 0.760. The molecule has 0 amide bonds. The first-order chi connectivity index (χ1) is 15.3. The molecule has 0 saturated carbocycles. The van der Waals surface area contributed by atoms with Crippen LogP contribution in [0.25, 0.3) is 0 Å². The van der Waals surface area contributed by atoms with Gasteiger partial charge in [0.2, 0.25) is 6.79 Å². The van der Waals surface area contributed by atoms with E-state index in [9.17, 15) is 9.90 Å². The van der Waals surface area contributed by atoms with Gasteiger partial charge in [0, 0.05) is 11.5 Å². The normalized spacial score (nSPS) is 18.4. The van der Waals surface area contributed by atoms with E-state index in [-0.39, 0.29) is 36.3 Å². The molecule has 2 atom stereocenters. The second-order valence-electron chi connectivity index (χ2n) is 9.25. The van der Waals surface area contributed by atoms with Crippen LogP contribution in [0.2, 0.25) is 0 Å². The molecule has 0 heterocycles. The van der Waals surface area contributed by atoms with Gasteiger partial charge in [-0.15, -0.1) is 0 Å². The van der Waals surface area contributed by atoms with Crippen LogP contribution in [0.1, 0.15) is 96.6 Å². The molecule has 4 nitrogen and oxygen atoms in total. The Kier molecular flexibility index (Phi) is 10.3. The van der Waals surface area contributed by atoms with Crippen molar-refractivity contribution < 1.29 is 19.4 Å². The topological polar surface area (TPSA) is 55.8 Å². The standard InChI is InChI=1S/C28H42O4/c1-7-10-11-12-21-16-25(29)27(24-15-20(6)13-14-23(24)19(4)5)26(17-21)31-18-32-28(30)22(8-2)9-3/h15-17,22-24,29H,4,7-14,18H2,1-3,5-6H3. The van der Waals surface area contributed by atoms with Crippen molar-refractivity contribution in [3.05, 3.63) is 47.1 Å². The molecule has 1 N–H and O–H groups in total. The molecule has 0 saturated heterocycles. The number of phenols is 1. The number of aromatic hydroxyl groups is 1. The summed E-state index contributed by atoms with van der Waals surface area (Å²) in [7, 11) is 0. The van der Waals surface area contributed by atoms with Crippen LogP contribution in [0.15, 0.2) is 35.9 Å². The highest BCUT2D eigenvalue weighted by Crippen LogP contribution is 2.47. The summed E-state index contributed by atoms with van der Waals surface area (Å²) in [4.78, 5) is 12.3. The number of esters is 1. The molecule has 0 aromatic heterocycles. The zero-order valence-electron chi connectivity index (χ0n) is 20.7. The highest BCUT2D eigenvalue weighted by Gasteiger charge is 2.31. The first-order valence-corrected chi connectivity index (χ1v) is 12.3. The highest BCUT2D eigenvalue weighted by atomic mass is 16.7. The van der Waals surface area contributed by atoms with Crippen molar-refractivity contribution in [3.8, 4) is 11.5 Å². The number of benzene rings is 1. The van der Waals surface area contributed by atoms with Gasteiger partial charge >= 0.3 is 5.97 Å². The molecule has 1 aromatic carbocycles. The van der Waals surface area contributed by atoms with E-state index in [0.29, 0.717) is 5.75 Å². The SMILES string of the molecule is C=C(C)C1CCC(C)=CC1c1c(O)cc(CCCCC)cc1OCOC(=O)C(CC)CC. The Balaban J connectivity index is 2.35. The minimum absolute atomic E-state index is 0.00400. The summed E-state index contributed by atoms with van der Waals surface area (Å²) in [5, 5.41) is 11.1. The monoisotopic (exact) mass is 442 g/mol. The maximum Gasteiger partial charge on any atom is 0.311 e. The maximum atomic E-state index is 12.3. The van der Waals surface area contributed by atoms with E-state index in [0.717, 1.165) is 68.1 Å². The number of unbranched alkanes of at least 4 members (excludes halogenated alkanes) is 2. The van der Waals surface area contributed by atoms with Crippen LogP contribution in [-0.4, -0.2) is 17.9 Å². The van der Waals surface area contributed by atoms with Crippen LogP contribution >= 0.6 is 0 Å². The molecule has 0 spiro atoms. The Bertz CT molecular complexity index is 804. The van der Waals surface area contributed by atoms with E-state index >= 15 is 0 Å². The van der Waals surface area contributed by atoms with Crippen LogP contribution in [0, 0.1) is 11.8 Å². The molecule has 1 aliphatic carbocycles. The molecule has 4 heteroatoms. The first-order valence-electron chi connectivity index (χ1n) is 12.3. The molecule has 0 fully saturated rings. The summed E-state index contributed by atoms with van der Waals surface area (Å²) in [6.45, 7) is 14.4. The Morgan fingerprint density at radius 2 is 1.94 bits per heavy atom. The third-order valence-corrected chi connectivity index (χ3v) is 6.70. The van der Waals surface area contributed by atoms with Crippen molar-refractivity contribution in [2.75, 3.05) is 6.79 Å². The third-order valence-electron chi connectivity index (χ3n) is 6.70. The number of ether oxygens (including phenoxy) is 2. The second-order valence-corrected chi connectivity index (χ2v) is 9.25. The molecule has 0 bridgehead atoms. The number of allylic oxidation sites excluding steroid dienone is 3. The van der Waals surface area contributed by atoms with E-state index in [1.54, 1.807) is 0 Å². The number of carbonyl (C=O) groups excluding carboxylic acids is 1. The lowest BCUT2D eigenvalue weighted by Crippen LogP contribution is -2.21. The van der Waals surface area contributed by atoms with Gasteiger partial charge in [0.1, 0.15) is 11.5 Å². The average molecular weight is 443 g/mol. The number of phenolic OH excluding ortho intramolecular Hbond substituents is 1. The van der Waals surface area contributed by atoms with Gasteiger partial charge in [0.05, 0.1) is 5.92 Å². The van der Waals surface area contributed by atoms with Gasteiger partial charge in [-0.25, -0.2) is 0 Å². The van der Waals surface area contributed by atoms with Gasteiger partial charge in [-0.05, 0) is 76.0 Å². The summed E-state index contributed by atoms with van der Waals surface area (Å²) in [5.41, 5.74) is 4.24. The molecule has 1 aromatic rings. The largest absolute Gasteiger partial charge is 0.507 e. The predicted molar refractivity (Wildman–Crippen MR) is 131 cm³/mol. The van der Waals surface area contributed by atoms with Gasteiger partial charge in [-0.2, -0.15) is 0 Å². The van der Waals surface area contributed by atoms with Crippen molar-refractivity contribution in [1.29, 1.82) is 0 Å². The van der Waals surface area contributed by atoms with Crippen molar-refractivity contribution in [2.24, 2.45) is 11.8 Å². The fourth-order valence-corrected chi connectivity index (χ4v) is 4.64. The lowest BCUT2D eigenvalue weighted by Gasteiger charge is -2.32. The van der Waals surface area contributed by atoms with E-state index in [1.807, 2.05) is 26.0 Å². The first kappa shape index (κ1) is 26.0. The van der Waals surface area contributed by atoms with Crippen molar-refractivity contribution in [2.45, 2.75) is 91.9 Å². The van der Waals surface area contributed by atoms with Crippen LogP contribution < -0.4 is 4.74 Å². The molecule has 1 aliphatic rings. The Morgan fingerprint density at radius 1 is 1.22 bits per heavy atom. The molecule has 0 aliphatic heterocycles. The lowest BCUT2D eigenvalue weighted by molar-refractivity contribution is -0.155. The summed E-state index contributed by atoms with van der Waals surface area (Å²) in [6, 6.07) is 3.89. The Morgan fingerprint density at radius 3 is 2.56 bits per heavy atom. The number of aryl methyl sites for hydroxylation is 1. The van der Waals surface area contributed by atoms with Crippen molar-refractivity contribution in [1.82, 2.24) is 0 Å². The summed E-state index contributed by atoms with van der Waals surface area (Å²) >= 11 is 0. The fraction of sp³-hybridized carbons (Fsp3) is 0.607. The second kappa shape index (κ2) is 12.7. The Labute approximate surface area is 194 Å².